The van der Waals surface area contributed by atoms with Crippen molar-refractivity contribution >= 4 is 5.97 Å². The van der Waals surface area contributed by atoms with Crippen LogP contribution in [-0.4, -0.2) is 11.1 Å². The van der Waals surface area contributed by atoms with E-state index < -0.39 is 5.97 Å². The van der Waals surface area contributed by atoms with Gasteiger partial charge in [-0.15, -0.1) is 0 Å². The fraction of sp³-hybridized carbons (Fsp3) is 0.500. The highest BCUT2D eigenvalue weighted by molar-refractivity contribution is 5.73. The lowest BCUT2D eigenvalue weighted by atomic mass is 10.0. The highest BCUT2D eigenvalue weighted by atomic mass is 16.4. The fourth-order valence-electron chi connectivity index (χ4n) is 2.16. The van der Waals surface area contributed by atoms with Crippen molar-refractivity contribution in [2.24, 2.45) is 11.8 Å². The smallest absolute Gasteiger partial charge is 0.306 e. The number of carbonyl (C=O) groups is 1. The average molecular weight is 218 g/mol. The highest BCUT2D eigenvalue weighted by Crippen LogP contribution is 2.41. The lowest BCUT2D eigenvalue weighted by molar-refractivity contribution is -0.138. The molecule has 1 aromatic rings. The third-order valence-electron chi connectivity index (χ3n) is 3.47. The van der Waals surface area contributed by atoms with Gasteiger partial charge in [-0.05, 0) is 42.7 Å². The monoisotopic (exact) mass is 218 g/mol. The Kier molecular flexibility index (Phi) is 3.28. The van der Waals surface area contributed by atoms with Crippen molar-refractivity contribution in [3.8, 4) is 0 Å². The van der Waals surface area contributed by atoms with Gasteiger partial charge in [0.1, 0.15) is 0 Å². The number of hydrogen-bond donors (Lipinski definition) is 1. The minimum atomic E-state index is -0.619. The third-order valence-corrected chi connectivity index (χ3v) is 3.47. The number of aliphatic carboxylic acids is 1. The van der Waals surface area contributed by atoms with Crippen molar-refractivity contribution in [2.75, 3.05) is 0 Å². The first-order chi connectivity index (χ1) is 7.70. The molecular weight excluding hydrogens is 200 g/mol. The topological polar surface area (TPSA) is 37.3 Å². The second kappa shape index (κ2) is 4.69. The lowest BCUT2D eigenvalue weighted by Crippen LogP contribution is -2.00. The predicted octanol–water partition coefficient (Wildman–Crippen LogP) is 2.90. The van der Waals surface area contributed by atoms with Crippen LogP contribution in [0.15, 0.2) is 24.3 Å². The molecule has 1 N–H and O–H groups in total. The Morgan fingerprint density at radius 1 is 1.31 bits per heavy atom. The molecule has 0 aliphatic heterocycles. The summed E-state index contributed by atoms with van der Waals surface area (Å²) in [4.78, 5) is 10.7. The number of aryl methyl sites for hydroxylation is 2. The molecule has 2 atom stereocenters. The molecule has 1 aliphatic rings. The lowest BCUT2D eigenvalue weighted by Gasteiger charge is -2.02. The van der Waals surface area contributed by atoms with E-state index in [2.05, 4.69) is 31.2 Å². The standard InChI is InChI=1S/C14H18O2/c1-2-10-3-5-11(6-4-10)7-8-12-9-13(12)14(15)16/h3-6,12-13H,2,7-9H2,1H3,(H,15,16). The Hall–Kier alpha value is -1.31. The Labute approximate surface area is 96.3 Å². The van der Waals surface area contributed by atoms with E-state index in [0.717, 1.165) is 25.7 Å². The molecule has 16 heavy (non-hydrogen) atoms. The first-order valence-electron chi connectivity index (χ1n) is 6.01. The van der Waals surface area contributed by atoms with Crippen LogP contribution in [0.25, 0.3) is 0 Å². The molecule has 86 valence electrons. The molecule has 0 saturated heterocycles. The van der Waals surface area contributed by atoms with Crippen LogP contribution in [-0.2, 0) is 17.6 Å². The van der Waals surface area contributed by atoms with Crippen LogP contribution in [0, 0.1) is 11.8 Å². The quantitative estimate of drug-likeness (QED) is 0.825. The van der Waals surface area contributed by atoms with E-state index in [4.69, 9.17) is 5.11 Å². The molecule has 2 rings (SSSR count). The first-order valence-corrected chi connectivity index (χ1v) is 6.01. The van der Waals surface area contributed by atoms with Crippen LogP contribution in [0.1, 0.15) is 30.9 Å². The van der Waals surface area contributed by atoms with Gasteiger partial charge in [-0.25, -0.2) is 0 Å². The summed E-state index contributed by atoms with van der Waals surface area (Å²) in [5.41, 5.74) is 2.69. The fourth-order valence-corrected chi connectivity index (χ4v) is 2.16. The van der Waals surface area contributed by atoms with Crippen molar-refractivity contribution in [1.82, 2.24) is 0 Å². The van der Waals surface area contributed by atoms with Gasteiger partial charge in [0.15, 0.2) is 0 Å². The summed E-state index contributed by atoms with van der Waals surface area (Å²) in [6.07, 6.45) is 3.98. The Balaban J connectivity index is 1.80. The number of benzene rings is 1. The van der Waals surface area contributed by atoms with E-state index in [1.807, 2.05) is 0 Å². The van der Waals surface area contributed by atoms with E-state index >= 15 is 0 Å². The maximum Gasteiger partial charge on any atom is 0.306 e. The molecule has 1 fully saturated rings. The molecule has 2 heteroatoms. The number of hydrogen-bond acceptors (Lipinski definition) is 1. The summed E-state index contributed by atoms with van der Waals surface area (Å²) < 4.78 is 0. The third kappa shape index (κ3) is 2.63. The van der Waals surface area contributed by atoms with Gasteiger partial charge in [0.05, 0.1) is 5.92 Å². The maximum atomic E-state index is 10.7. The van der Waals surface area contributed by atoms with Crippen LogP contribution in [0.5, 0.6) is 0 Å². The van der Waals surface area contributed by atoms with Gasteiger partial charge < -0.3 is 5.11 Å². The van der Waals surface area contributed by atoms with E-state index in [1.165, 1.54) is 11.1 Å². The summed E-state index contributed by atoms with van der Waals surface area (Å²) in [6.45, 7) is 2.15. The summed E-state index contributed by atoms with van der Waals surface area (Å²) >= 11 is 0. The van der Waals surface area contributed by atoms with Crippen LogP contribution in [0.4, 0.5) is 0 Å². The van der Waals surface area contributed by atoms with E-state index in [0.29, 0.717) is 5.92 Å². The summed E-state index contributed by atoms with van der Waals surface area (Å²) in [5, 5.41) is 8.79. The number of carboxylic acid groups (broad SMARTS) is 1. The molecule has 0 aromatic heterocycles. The molecule has 0 radical (unpaired) electrons. The zero-order valence-electron chi connectivity index (χ0n) is 9.65. The van der Waals surface area contributed by atoms with Gasteiger partial charge in [-0.1, -0.05) is 31.2 Å². The Morgan fingerprint density at radius 2 is 1.94 bits per heavy atom. The van der Waals surface area contributed by atoms with Crippen LogP contribution in [0.3, 0.4) is 0 Å². The van der Waals surface area contributed by atoms with E-state index in [9.17, 15) is 4.79 Å². The minimum absolute atomic E-state index is 0.0603. The summed E-state index contributed by atoms with van der Waals surface area (Å²) in [5.74, 6) is -0.260. The Morgan fingerprint density at radius 3 is 2.44 bits per heavy atom. The Bertz CT molecular complexity index is 367. The molecule has 2 unspecified atom stereocenters. The molecule has 0 heterocycles. The maximum absolute atomic E-state index is 10.7. The SMILES string of the molecule is CCc1ccc(CCC2CC2C(=O)O)cc1. The van der Waals surface area contributed by atoms with Crippen molar-refractivity contribution in [3.63, 3.8) is 0 Å². The predicted molar refractivity (Wildman–Crippen MR) is 63.4 cm³/mol. The second-order valence-corrected chi connectivity index (χ2v) is 4.65. The molecule has 2 nitrogen and oxygen atoms in total. The molecule has 1 saturated carbocycles. The van der Waals surface area contributed by atoms with Crippen molar-refractivity contribution in [1.29, 1.82) is 0 Å². The highest BCUT2D eigenvalue weighted by Gasteiger charge is 2.42. The zero-order chi connectivity index (χ0) is 11.5. The second-order valence-electron chi connectivity index (χ2n) is 4.65. The number of rotatable bonds is 5. The van der Waals surface area contributed by atoms with Gasteiger partial charge in [-0.3, -0.25) is 4.79 Å². The van der Waals surface area contributed by atoms with Crippen molar-refractivity contribution < 1.29 is 9.90 Å². The molecular formula is C14H18O2. The van der Waals surface area contributed by atoms with Gasteiger partial charge in [0, 0.05) is 0 Å². The van der Waals surface area contributed by atoms with Gasteiger partial charge >= 0.3 is 5.97 Å². The molecule has 0 spiro atoms. The molecule has 0 bridgehead atoms. The number of carboxylic acids is 1. The summed E-state index contributed by atoms with van der Waals surface area (Å²) in [7, 11) is 0. The minimum Gasteiger partial charge on any atom is -0.481 e. The van der Waals surface area contributed by atoms with Gasteiger partial charge in [-0.2, -0.15) is 0 Å². The van der Waals surface area contributed by atoms with Gasteiger partial charge in [0.25, 0.3) is 0 Å². The van der Waals surface area contributed by atoms with Crippen molar-refractivity contribution in [2.45, 2.75) is 32.6 Å². The van der Waals surface area contributed by atoms with Crippen LogP contribution >= 0.6 is 0 Å². The van der Waals surface area contributed by atoms with Gasteiger partial charge in [0.2, 0.25) is 0 Å². The van der Waals surface area contributed by atoms with Crippen LogP contribution in [0.2, 0.25) is 0 Å². The van der Waals surface area contributed by atoms with Crippen LogP contribution < -0.4 is 0 Å². The zero-order valence-corrected chi connectivity index (χ0v) is 9.65. The van der Waals surface area contributed by atoms with Crippen molar-refractivity contribution in [3.05, 3.63) is 35.4 Å². The summed E-state index contributed by atoms with van der Waals surface area (Å²) in [6, 6.07) is 8.65. The molecule has 1 aliphatic carbocycles. The normalized spacial score (nSPS) is 23.1. The largest absolute Gasteiger partial charge is 0.481 e. The molecule has 1 aromatic carbocycles. The average Bonchev–Trinajstić information content (AvgIpc) is 3.06. The first kappa shape index (κ1) is 11.2. The molecule has 0 amide bonds. The van der Waals surface area contributed by atoms with E-state index in [1.54, 1.807) is 0 Å². The van der Waals surface area contributed by atoms with E-state index in [-0.39, 0.29) is 5.92 Å².